The van der Waals surface area contributed by atoms with Crippen molar-refractivity contribution >= 4 is 29.1 Å². The highest BCUT2D eigenvalue weighted by molar-refractivity contribution is 7.13. The fourth-order valence-corrected chi connectivity index (χ4v) is 5.53. The number of hydrogen-bond donors (Lipinski definition) is 3. The minimum absolute atomic E-state index is 0.0631. The lowest BCUT2D eigenvalue weighted by molar-refractivity contribution is -0.145. The van der Waals surface area contributed by atoms with Crippen LogP contribution in [0.5, 0.6) is 5.75 Å². The molecule has 0 bridgehead atoms. The molecule has 0 radical (unpaired) electrons. The SMILES string of the molecule is Cc1ncsc1-c1ccc(C(C)NC(=O)C2CCCN2C(=O)[C@@H](NC(=O)C2(F)CC2)C(C)(C)C)c(O)c1. The first kappa shape index (κ1) is 27.0. The first-order valence-corrected chi connectivity index (χ1v) is 13.5. The van der Waals surface area contributed by atoms with Crippen LogP contribution in [-0.4, -0.2) is 57.0 Å². The largest absolute Gasteiger partial charge is 0.508 e. The van der Waals surface area contributed by atoms with Crippen LogP contribution < -0.4 is 10.6 Å². The Kier molecular flexibility index (Phi) is 7.34. The lowest BCUT2D eigenvalue weighted by atomic mass is 9.85. The van der Waals surface area contributed by atoms with E-state index in [2.05, 4.69) is 15.6 Å². The average Bonchev–Trinajstić information content (AvgIpc) is 3.21. The number of thiazole rings is 1. The van der Waals surface area contributed by atoms with Gasteiger partial charge in [-0.2, -0.15) is 0 Å². The number of phenols is 1. The number of rotatable bonds is 7. The van der Waals surface area contributed by atoms with Gasteiger partial charge in [-0.05, 0) is 56.6 Å². The Balaban J connectivity index is 1.46. The summed E-state index contributed by atoms with van der Waals surface area (Å²) < 4.78 is 14.3. The number of phenolic OH excluding ortho intramolecular Hbond substituents is 1. The Hall–Kier alpha value is -3.01. The number of nitrogens with one attached hydrogen (secondary N) is 2. The van der Waals surface area contributed by atoms with Gasteiger partial charge in [0.2, 0.25) is 11.8 Å². The van der Waals surface area contributed by atoms with Gasteiger partial charge in [0.25, 0.3) is 5.91 Å². The van der Waals surface area contributed by atoms with Crippen LogP contribution in [0.15, 0.2) is 23.7 Å². The number of alkyl halides is 1. The molecule has 8 nitrogen and oxygen atoms in total. The Labute approximate surface area is 220 Å². The van der Waals surface area contributed by atoms with E-state index in [0.29, 0.717) is 24.9 Å². The number of halogens is 1. The third-order valence-corrected chi connectivity index (χ3v) is 8.16. The lowest BCUT2D eigenvalue weighted by Gasteiger charge is -2.36. The minimum atomic E-state index is -1.89. The molecule has 4 rings (SSSR count). The third-order valence-electron chi connectivity index (χ3n) is 7.19. The van der Waals surface area contributed by atoms with Crippen molar-refractivity contribution in [2.24, 2.45) is 5.41 Å². The summed E-state index contributed by atoms with van der Waals surface area (Å²) in [6, 6.07) is 3.17. The van der Waals surface area contributed by atoms with Crippen molar-refractivity contribution in [3.8, 4) is 16.2 Å². The summed E-state index contributed by atoms with van der Waals surface area (Å²) in [7, 11) is 0. The zero-order valence-electron chi connectivity index (χ0n) is 21.9. The molecule has 2 unspecified atom stereocenters. The number of likely N-dealkylation sites (tertiary alicyclic amines) is 1. The fourth-order valence-electron chi connectivity index (χ4n) is 4.73. The van der Waals surface area contributed by atoms with Crippen molar-refractivity contribution in [2.45, 2.75) is 84.1 Å². The zero-order chi connectivity index (χ0) is 27.1. The number of hydrogen-bond acceptors (Lipinski definition) is 6. The number of carbonyl (C=O) groups excluding carboxylic acids is 3. The summed E-state index contributed by atoms with van der Waals surface area (Å²) in [4.78, 5) is 45.9. The highest BCUT2D eigenvalue weighted by Crippen LogP contribution is 2.40. The summed E-state index contributed by atoms with van der Waals surface area (Å²) in [5.74, 6) is -1.42. The highest BCUT2D eigenvalue weighted by Gasteiger charge is 2.53. The number of amides is 3. The maximum Gasteiger partial charge on any atom is 0.258 e. The third kappa shape index (κ3) is 5.63. The molecule has 1 aromatic heterocycles. The molecule has 2 aromatic rings. The second kappa shape index (κ2) is 10.0. The molecular formula is C27H35FN4O4S. The number of aromatic hydroxyl groups is 1. The fraction of sp³-hybridized carbons (Fsp3) is 0.556. The number of carbonyl (C=O) groups is 3. The van der Waals surface area contributed by atoms with Crippen LogP contribution in [0, 0.1) is 12.3 Å². The van der Waals surface area contributed by atoms with E-state index in [4.69, 9.17) is 0 Å². The molecule has 37 heavy (non-hydrogen) atoms. The molecule has 0 spiro atoms. The summed E-state index contributed by atoms with van der Waals surface area (Å²) in [5, 5.41) is 16.2. The maximum atomic E-state index is 14.3. The molecule has 2 fully saturated rings. The summed E-state index contributed by atoms with van der Waals surface area (Å²) in [5.41, 5.74) is 1.49. The van der Waals surface area contributed by atoms with Gasteiger partial charge >= 0.3 is 0 Å². The Morgan fingerprint density at radius 1 is 1.24 bits per heavy atom. The van der Waals surface area contributed by atoms with Gasteiger partial charge in [-0.25, -0.2) is 9.37 Å². The summed E-state index contributed by atoms with van der Waals surface area (Å²) in [6.45, 7) is 9.48. The van der Waals surface area contributed by atoms with Crippen LogP contribution in [0.1, 0.15) is 70.7 Å². The van der Waals surface area contributed by atoms with Crippen molar-refractivity contribution in [1.82, 2.24) is 20.5 Å². The van der Waals surface area contributed by atoms with Crippen LogP contribution in [0.4, 0.5) is 4.39 Å². The first-order valence-electron chi connectivity index (χ1n) is 12.7. The quantitative estimate of drug-likeness (QED) is 0.501. The van der Waals surface area contributed by atoms with Gasteiger partial charge in [-0.3, -0.25) is 14.4 Å². The van der Waals surface area contributed by atoms with Crippen LogP contribution in [-0.2, 0) is 14.4 Å². The number of aryl methyl sites for hydroxylation is 1. The maximum absolute atomic E-state index is 14.3. The molecular weight excluding hydrogens is 495 g/mol. The molecule has 2 aliphatic rings. The highest BCUT2D eigenvalue weighted by atomic mass is 32.1. The molecule has 1 aliphatic carbocycles. The van der Waals surface area contributed by atoms with Crippen LogP contribution >= 0.6 is 11.3 Å². The second-order valence-electron chi connectivity index (χ2n) is 11.2. The smallest absolute Gasteiger partial charge is 0.258 e. The van der Waals surface area contributed by atoms with Crippen molar-refractivity contribution < 1.29 is 23.9 Å². The lowest BCUT2D eigenvalue weighted by Crippen LogP contribution is -2.59. The van der Waals surface area contributed by atoms with Crippen molar-refractivity contribution in [2.75, 3.05) is 6.54 Å². The standard InChI is InChI=1S/C27H35FN4O4S/c1-15(18-9-8-17(13-20(18)33)21-16(2)29-14-37-21)30-23(34)19-7-6-12-32(19)24(35)22(26(3,4)5)31-25(36)27(28)10-11-27/h8-9,13-15,19,22,33H,6-7,10-12H2,1-5H3,(H,30,34)(H,31,36)/t15?,19?,22-/m1/s1. The predicted molar refractivity (Wildman–Crippen MR) is 140 cm³/mol. The topological polar surface area (TPSA) is 112 Å². The minimum Gasteiger partial charge on any atom is -0.508 e. The Morgan fingerprint density at radius 3 is 2.51 bits per heavy atom. The van der Waals surface area contributed by atoms with Crippen LogP contribution in [0.3, 0.4) is 0 Å². The molecule has 3 atom stereocenters. The molecule has 3 amide bonds. The van der Waals surface area contributed by atoms with Crippen molar-refractivity contribution in [3.63, 3.8) is 0 Å². The van der Waals surface area contributed by atoms with E-state index in [1.54, 1.807) is 45.3 Å². The van der Waals surface area contributed by atoms with E-state index >= 15 is 0 Å². The van der Waals surface area contributed by atoms with E-state index in [9.17, 15) is 23.9 Å². The molecule has 1 saturated heterocycles. The van der Waals surface area contributed by atoms with E-state index in [0.717, 1.165) is 16.1 Å². The van der Waals surface area contributed by atoms with Gasteiger partial charge in [0, 0.05) is 12.1 Å². The van der Waals surface area contributed by atoms with Gasteiger partial charge < -0.3 is 20.6 Å². The van der Waals surface area contributed by atoms with E-state index in [-0.39, 0.29) is 30.4 Å². The predicted octanol–water partition coefficient (Wildman–Crippen LogP) is 4.03. The van der Waals surface area contributed by atoms with Gasteiger partial charge in [0.15, 0.2) is 5.67 Å². The van der Waals surface area contributed by atoms with Gasteiger partial charge in [0.1, 0.15) is 17.8 Å². The second-order valence-corrected chi connectivity index (χ2v) is 12.1. The molecule has 200 valence electrons. The van der Waals surface area contributed by atoms with E-state index in [1.165, 1.54) is 16.2 Å². The van der Waals surface area contributed by atoms with Gasteiger partial charge in [-0.1, -0.05) is 32.9 Å². The number of aromatic nitrogens is 1. The van der Waals surface area contributed by atoms with Crippen LogP contribution in [0.25, 0.3) is 10.4 Å². The summed E-state index contributed by atoms with van der Waals surface area (Å²) >= 11 is 1.49. The first-order chi connectivity index (χ1) is 17.3. The van der Waals surface area contributed by atoms with Gasteiger partial charge in [-0.15, -0.1) is 11.3 Å². The van der Waals surface area contributed by atoms with E-state index < -0.39 is 35.1 Å². The molecule has 3 N–H and O–H groups in total. The van der Waals surface area contributed by atoms with Crippen molar-refractivity contribution in [3.05, 3.63) is 35.0 Å². The average molecular weight is 531 g/mol. The molecule has 1 aromatic carbocycles. The zero-order valence-corrected chi connectivity index (χ0v) is 22.7. The van der Waals surface area contributed by atoms with Crippen molar-refractivity contribution in [1.29, 1.82) is 0 Å². The Bertz CT molecular complexity index is 1200. The van der Waals surface area contributed by atoms with Crippen LogP contribution in [0.2, 0.25) is 0 Å². The van der Waals surface area contributed by atoms with Gasteiger partial charge in [0.05, 0.1) is 22.1 Å². The summed E-state index contributed by atoms with van der Waals surface area (Å²) in [6.07, 6.45) is 1.45. The molecule has 10 heteroatoms. The Morgan fingerprint density at radius 2 is 1.95 bits per heavy atom. The monoisotopic (exact) mass is 530 g/mol. The van der Waals surface area contributed by atoms with E-state index in [1.807, 2.05) is 13.0 Å². The molecule has 1 saturated carbocycles. The molecule has 1 aliphatic heterocycles. The molecule has 2 heterocycles. The number of nitrogens with zero attached hydrogens (tertiary/aromatic N) is 2. The normalized spacial score (nSPS) is 20.3. The number of benzene rings is 1.